The number of nitrogens with one attached hydrogen (secondary N) is 3. The van der Waals surface area contributed by atoms with Crippen molar-refractivity contribution in [1.82, 2.24) is 10.6 Å². The molecule has 0 aromatic heterocycles. The van der Waals surface area contributed by atoms with Crippen molar-refractivity contribution in [2.24, 2.45) is 11.3 Å². The highest BCUT2D eigenvalue weighted by molar-refractivity contribution is 6.31. The van der Waals surface area contributed by atoms with Crippen molar-refractivity contribution in [2.45, 2.75) is 62.6 Å². The summed E-state index contributed by atoms with van der Waals surface area (Å²) in [6.45, 7) is 4.19. The molecule has 1 saturated heterocycles. The minimum Gasteiger partial charge on any atom is -0.394 e. The number of hydrogen-bond donors (Lipinski definition) is 5. The van der Waals surface area contributed by atoms with Crippen LogP contribution in [0.4, 0.5) is 10.1 Å². The number of amides is 2. The van der Waals surface area contributed by atoms with Crippen LogP contribution in [0.25, 0.3) is 0 Å². The Morgan fingerprint density at radius 3 is 2.66 bits per heavy atom. The molecule has 1 aliphatic carbocycles. The van der Waals surface area contributed by atoms with Crippen molar-refractivity contribution in [3.63, 3.8) is 0 Å². The van der Waals surface area contributed by atoms with Gasteiger partial charge in [-0.2, -0.15) is 0 Å². The first-order chi connectivity index (χ1) is 18.0. The van der Waals surface area contributed by atoms with Gasteiger partial charge in [-0.15, -0.1) is 0 Å². The van der Waals surface area contributed by atoms with E-state index in [1.165, 1.54) is 12.1 Å². The van der Waals surface area contributed by atoms with Crippen LogP contribution < -0.4 is 16.0 Å². The maximum atomic E-state index is 15.0. The van der Waals surface area contributed by atoms with Crippen LogP contribution in [-0.4, -0.2) is 53.4 Å². The highest BCUT2D eigenvalue weighted by Crippen LogP contribution is 2.64. The van der Waals surface area contributed by atoms with Gasteiger partial charge in [0.05, 0.1) is 23.8 Å². The lowest BCUT2D eigenvalue weighted by Gasteiger charge is -2.36. The Balaban J connectivity index is 1.61. The highest BCUT2D eigenvalue weighted by Gasteiger charge is 2.70. The van der Waals surface area contributed by atoms with E-state index >= 15 is 0 Å². The van der Waals surface area contributed by atoms with E-state index in [0.717, 1.165) is 6.42 Å². The normalized spacial score (nSPS) is 29.7. The number of rotatable bonds is 8. The topological polar surface area (TPSA) is 111 Å². The summed E-state index contributed by atoms with van der Waals surface area (Å²) < 4.78 is 15.0. The Bertz CT molecular complexity index is 1270. The van der Waals surface area contributed by atoms with E-state index < -0.39 is 35.3 Å². The summed E-state index contributed by atoms with van der Waals surface area (Å²) in [7, 11) is 0. The molecule has 1 unspecified atom stereocenters. The van der Waals surface area contributed by atoms with Crippen molar-refractivity contribution in [3.05, 3.63) is 63.4 Å². The van der Waals surface area contributed by atoms with Crippen molar-refractivity contribution < 1.29 is 24.2 Å². The van der Waals surface area contributed by atoms with Crippen molar-refractivity contribution in [1.29, 1.82) is 0 Å². The van der Waals surface area contributed by atoms with Crippen molar-refractivity contribution >= 4 is 40.7 Å². The molecule has 6 atom stereocenters. The smallest absolute Gasteiger partial charge is 0.237 e. The monoisotopic (exact) mass is 563 g/mol. The second-order valence-electron chi connectivity index (χ2n) is 11.4. The van der Waals surface area contributed by atoms with Gasteiger partial charge in [-0.1, -0.05) is 49.2 Å². The largest absolute Gasteiger partial charge is 0.394 e. The molecule has 204 valence electrons. The Morgan fingerprint density at radius 1 is 1.26 bits per heavy atom. The van der Waals surface area contributed by atoms with Gasteiger partial charge in [0, 0.05) is 29.2 Å². The van der Waals surface area contributed by atoms with Gasteiger partial charge in [0.25, 0.3) is 0 Å². The fraction of sp³-hybridized carbons (Fsp3) is 0.500. The molecule has 2 aliphatic heterocycles. The first-order valence-corrected chi connectivity index (χ1v) is 13.7. The lowest BCUT2D eigenvalue weighted by atomic mass is 9.63. The summed E-state index contributed by atoms with van der Waals surface area (Å²) in [5, 5.41) is 28.4. The summed E-state index contributed by atoms with van der Waals surface area (Å²) in [5.41, 5.74) is 0.274. The fourth-order valence-electron chi connectivity index (χ4n) is 6.48. The average molecular weight is 564 g/mol. The summed E-state index contributed by atoms with van der Waals surface area (Å²) in [4.78, 5) is 27.8. The number of hydrogen-bond acceptors (Lipinski definition) is 5. The van der Waals surface area contributed by atoms with Crippen molar-refractivity contribution in [2.75, 3.05) is 18.5 Å². The quantitative estimate of drug-likeness (QED) is 0.314. The maximum Gasteiger partial charge on any atom is 0.237 e. The van der Waals surface area contributed by atoms with E-state index in [-0.39, 0.29) is 41.3 Å². The Labute approximate surface area is 231 Å². The van der Waals surface area contributed by atoms with Gasteiger partial charge in [0.2, 0.25) is 11.8 Å². The van der Waals surface area contributed by atoms with Crippen LogP contribution in [-0.2, 0) is 15.0 Å². The number of aliphatic hydroxyl groups is 2. The minimum absolute atomic E-state index is 0.0661. The van der Waals surface area contributed by atoms with Crippen LogP contribution in [0.15, 0.2) is 36.4 Å². The first-order valence-electron chi connectivity index (χ1n) is 12.9. The van der Waals surface area contributed by atoms with Crippen LogP contribution >= 0.6 is 23.2 Å². The van der Waals surface area contributed by atoms with Gasteiger partial charge in [-0.05, 0) is 66.0 Å². The Kier molecular flexibility index (Phi) is 7.24. The number of carbonyl (C=O) groups is 2. The van der Waals surface area contributed by atoms with E-state index in [0.29, 0.717) is 34.7 Å². The molecular formula is C28H32Cl2FN3O4. The summed E-state index contributed by atoms with van der Waals surface area (Å²) in [6.07, 6.45) is 0.812. The van der Waals surface area contributed by atoms with Crippen LogP contribution in [0.5, 0.6) is 0 Å². The predicted octanol–water partition coefficient (Wildman–Crippen LogP) is 3.74. The molecule has 2 amide bonds. The van der Waals surface area contributed by atoms with Gasteiger partial charge in [0.1, 0.15) is 11.2 Å². The van der Waals surface area contributed by atoms with E-state index in [2.05, 4.69) is 29.8 Å². The molecule has 3 aliphatic rings. The second kappa shape index (κ2) is 10.1. The van der Waals surface area contributed by atoms with Crippen molar-refractivity contribution in [3.8, 4) is 0 Å². The maximum absolute atomic E-state index is 15.0. The lowest BCUT2D eigenvalue weighted by molar-refractivity contribution is -0.123. The zero-order chi connectivity index (χ0) is 27.4. The molecule has 1 saturated carbocycles. The first kappa shape index (κ1) is 27.3. The number of carbonyl (C=O) groups excluding carboxylic acids is 2. The van der Waals surface area contributed by atoms with Gasteiger partial charge in [0.15, 0.2) is 0 Å². The molecule has 2 fully saturated rings. The molecule has 2 aromatic rings. The molecular weight excluding hydrogens is 532 g/mol. The molecule has 0 bridgehead atoms. The molecule has 7 nitrogen and oxygen atoms in total. The number of halogens is 3. The van der Waals surface area contributed by atoms with E-state index in [1.807, 2.05) is 6.07 Å². The molecule has 5 N–H and O–H groups in total. The zero-order valence-electron chi connectivity index (χ0n) is 21.2. The van der Waals surface area contributed by atoms with Gasteiger partial charge >= 0.3 is 0 Å². The standard InChI is InChI=1S/C28H32Cl2FN3O4/c1-27(2)12-18(27)24-28(17-10-20(31)19(30)11-21(17)33-26(28)38)22(14-5-3-6-15(29)9-14)23(34-24)25(37)32-8-4-7-16(36)13-35/h3,5-6,9-11,16,18,22-24,34-36H,4,7-8,12-13H2,1-2H3,(H,32,37)(H,33,38)/t16-,18?,22+,23-,24-,28-/m1/s1. The third-order valence-corrected chi connectivity index (χ3v) is 9.03. The Hall–Kier alpha value is -2.23. The molecule has 1 spiro atoms. The van der Waals surface area contributed by atoms with Crippen LogP contribution in [0.2, 0.25) is 10.0 Å². The van der Waals surface area contributed by atoms with Crippen LogP contribution in [0, 0.1) is 17.2 Å². The third-order valence-electron chi connectivity index (χ3n) is 8.51. The molecule has 0 radical (unpaired) electrons. The van der Waals surface area contributed by atoms with Gasteiger partial charge in [-0.25, -0.2) is 4.39 Å². The van der Waals surface area contributed by atoms with E-state index in [1.54, 1.807) is 18.2 Å². The minimum atomic E-state index is -1.28. The van der Waals surface area contributed by atoms with E-state index in [4.69, 9.17) is 28.3 Å². The zero-order valence-corrected chi connectivity index (χ0v) is 22.7. The summed E-state index contributed by atoms with van der Waals surface area (Å²) >= 11 is 12.5. The summed E-state index contributed by atoms with van der Waals surface area (Å²) in [6, 6.07) is 8.60. The Morgan fingerprint density at radius 2 is 2.00 bits per heavy atom. The SMILES string of the molecule is CC1(C)CC1[C@H]1N[C@@H](C(=O)NCCC[C@@H](O)CO)[C@H](c2cccc(Cl)c2)[C@@]12C(=O)Nc1cc(Cl)c(F)cc12. The average Bonchev–Trinajstić information content (AvgIpc) is 3.23. The molecule has 5 rings (SSSR count). The van der Waals surface area contributed by atoms with E-state index in [9.17, 15) is 19.1 Å². The fourth-order valence-corrected chi connectivity index (χ4v) is 6.84. The van der Waals surface area contributed by atoms with Gasteiger partial charge in [-0.3, -0.25) is 9.59 Å². The molecule has 2 aromatic carbocycles. The number of fused-ring (bicyclic) bond motifs is 2. The third kappa shape index (κ3) is 4.50. The van der Waals surface area contributed by atoms with Gasteiger partial charge < -0.3 is 26.2 Å². The lowest BCUT2D eigenvalue weighted by Crippen LogP contribution is -2.50. The highest BCUT2D eigenvalue weighted by atomic mass is 35.5. The molecule has 10 heteroatoms. The predicted molar refractivity (Wildman–Crippen MR) is 144 cm³/mol. The number of benzene rings is 2. The van der Waals surface area contributed by atoms with Crippen LogP contribution in [0.3, 0.4) is 0 Å². The number of aliphatic hydroxyl groups excluding tert-OH is 2. The molecule has 38 heavy (non-hydrogen) atoms. The second-order valence-corrected chi connectivity index (χ2v) is 12.2. The number of anilines is 1. The summed E-state index contributed by atoms with van der Waals surface area (Å²) in [5.74, 6) is -1.86. The molecule has 2 heterocycles. The van der Waals surface area contributed by atoms with Crippen LogP contribution in [0.1, 0.15) is 50.2 Å².